The van der Waals surface area contributed by atoms with Crippen LogP contribution in [-0.4, -0.2) is 0 Å². The van der Waals surface area contributed by atoms with Gasteiger partial charge in [-0.25, -0.2) is 0 Å². The highest BCUT2D eigenvalue weighted by atomic mass is 16.5. The quantitative estimate of drug-likeness (QED) is 0.526. The van der Waals surface area contributed by atoms with Gasteiger partial charge in [0, 0.05) is 23.1 Å². The van der Waals surface area contributed by atoms with Crippen molar-refractivity contribution in [1.29, 1.82) is 0 Å². The summed E-state index contributed by atoms with van der Waals surface area (Å²) < 4.78 is 6.60. The summed E-state index contributed by atoms with van der Waals surface area (Å²) in [4.78, 5) is 0. The van der Waals surface area contributed by atoms with Crippen LogP contribution < -0.4 is 10.5 Å². The second-order valence-corrected chi connectivity index (χ2v) is 6.14. The van der Waals surface area contributed by atoms with Gasteiger partial charge in [0.15, 0.2) is 5.60 Å². The van der Waals surface area contributed by atoms with E-state index in [0.29, 0.717) is 6.42 Å². The van der Waals surface area contributed by atoms with E-state index < -0.39 is 5.60 Å². The summed E-state index contributed by atoms with van der Waals surface area (Å²) in [5, 5.41) is 2.31. The van der Waals surface area contributed by atoms with Gasteiger partial charge in [-0.15, -0.1) is 6.58 Å². The Morgan fingerprint density at radius 3 is 2.58 bits per heavy atom. The van der Waals surface area contributed by atoms with Crippen molar-refractivity contribution in [2.45, 2.75) is 12.0 Å². The van der Waals surface area contributed by atoms with E-state index >= 15 is 0 Å². The van der Waals surface area contributed by atoms with Gasteiger partial charge < -0.3 is 10.5 Å². The number of hydrogen-bond donors (Lipinski definition) is 1. The molecule has 1 unspecified atom stereocenters. The average molecular weight is 313 g/mol. The summed E-state index contributed by atoms with van der Waals surface area (Å²) in [6.45, 7) is 3.92. The Labute approximate surface area is 141 Å². The number of anilines is 1. The van der Waals surface area contributed by atoms with Crippen molar-refractivity contribution in [3.05, 3.63) is 90.5 Å². The molecule has 2 nitrogen and oxygen atoms in total. The lowest BCUT2D eigenvalue weighted by Crippen LogP contribution is -2.32. The maximum atomic E-state index is 6.60. The molecule has 1 aliphatic heterocycles. The second-order valence-electron chi connectivity index (χ2n) is 6.14. The van der Waals surface area contributed by atoms with Crippen LogP contribution in [0.15, 0.2) is 79.4 Å². The molecule has 0 amide bonds. The molecule has 0 saturated heterocycles. The maximum absolute atomic E-state index is 6.60. The number of rotatable bonds is 3. The van der Waals surface area contributed by atoms with Gasteiger partial charge in [-0.1, -0.05) is 60.7 Å². The highest BCUT2D eigenvalue weighted by Crippen LogP contribution is 2.43. The third-order valence-corrected chi connectivity index (χ3v) is 4.57. The van der Waals surface area contributed by atoms with Gasteiger partial charge in [-0.3, -0.25) is 0 Å². The Hall–Kier alpha value is -3.00. The van der Waals surface area contributed by atoms with Crippen LogP contribution in [0, 0.1) is 0 Å². The van der Waals surface area contributed by atoms with Crippen LogP contribution in [0.3, 0.4) is 0 Å². The minimum atomic E-state index is -0.549. The van der Waals surface area contributed by atoms with Gasteiger partial charge in [-0.05, 0) is 29.2 Å². The standard InChI is InChI=1S/C22H19NO/c1-2-14-22(18-9-11-19(23)12-10-18)15-13-17-8-7-16-5-3-4-6-20(16)21(17)24-22/h2-13,15H,1,14,23H2. The SMILES string of the molecule is C=CCC1(c2ccc(N)cc2)C=Cc2ccc3ccccc3c2O1. The number of ether oxygens (including phenoxy) is 1. The highest BCUT2D eigenvalue weighted by Gasteiger charge is 2.34. The number of fused-ring (bicyclic) bond motifs is 3. The number of nitrogen functional groups attached to an aromatic ring is 1. The summed E-state index contributed by atoms with van der Waals surface area (Å²) in [5.41, 5.74) is 8.22. The first-order valence-corrected chi connectivity index (χ1v) is 8.09. The molecule has 1 atom stereocenters. The van der Waals surface area contributed by atoms with Crippen LogP contribution in [0.25, 0.3) is 16.8 Å². The second kappa shape index (κ2) is 5.57. The lowest BCUT2D eigenvalue weighted by atomic mass is 9.86. The number of hydrogen-bond acceptors (Lipinski definition) is 2. The largest absolute Gasteiger partial charge is 0.477 e. The molecule has 4 rings (SSSR count). The predicted octanol–water partition coefficient (Wildman–Crippen LogP) is 5.30. The molecule has 3 aromatic rings. The fourth-order valence-electron chi connectivity index (χ4n) is 3.31. The van der Waals surface area contributed by atoms with Crippen molar-refractivity contribution in [1.82, 2.24) is 0 Å². The third kappa shape index (κ3) is 2.28. The van der Waals surface area contributed by atoms with E-state index in [2.05, 4.69) is 43.0 Å². The van der Waals surface area contributed by atoms with E-state index in [0.717, 1.165) is 28.0 Å². The molecule has 0 aliphatic carbocycles. The van der Waals surface area contributed by atoms with Gasteiger partial charge in [0.1, 0.15) is 5.75 Å². The monoisotopic (exact) mass is 313 g/mol. The van der Waals surface area contributed by atoms with Crippen LogP contribution in [0.5, 0.6) is 5.75 Å². The average Bonchev–Trinajstić information content (AvgIpc) is 2.62. The van der Waals surface area contributed by atoms with E-state index in [9.17, 15) is 0 Å². The zero-order valence-electron chi connectivity index (χ0n) is 13.4. The molecule has 1 aliphatic rings. The van der Waals surface area contributed by atoms with Crippen molar-refractivity contribution >= 4 is 22.5 Å². The molecule has 2 heteroatoms. The summed E-state index contributed by atoms with van der Waals surface area (Å²) in [5.74, 6) is 0.925. The zero-order chi connectivity index (χ0) is 16.6. The predicted molar refractivity (Wildman–Crippen MR) is 101 cm³/mol. The Kier molecular flexibility index (Phi) is 3.39. The Morgan fingerprint density at radius 1 is 1.00 bits per heavy atom. The summed E-state index contributed by atoms with van der Waals surface area (Å²) >= 11 is 0. The molecule has 1 heterocycles. The fourth-order valence-corrected chi connectivity index (χ4v) is 3.31. The molecular formula is C22H19NO. The van der Waals surface area contributed by atoms with Crippen LogP contribution in [-0.2, 0) is 5.60 Å². The molecule has 3 aromatic carbocycles. The van der Waals surface area contributed by atoms with Gasteiger partial charge in [-0.2, -0.15) is 0 Å². The van der Waals surface area contributed by atoms with E-state index in [1.165, 1.54) is 5.39 Å². The van der Waals surface area contributed by atoms with Gasteiger partial charge in [0.25, 0.3) is 0 Å². The topological polar surface area (TPSA) is 35.2 Å². The van der Waals surface area contributed by atoms with E-state index in [1.807, 2.05) is 42.5 Å². The van der Waals surface area contributed by atoms with Crippen LogP contribution in [0.4, 0.5) is 5.69 Å². The van der Waals surface area contributed by atoms with Crippen LogP contribution in [0.1, 0.15) is 17.5 Å². The summed E-state index contributed by atoms with van der Waals surface area (Å²) in [6.07, 6.45) is 6.86. The lowest BCUT2D eigenvalue weighted by Gasteiger charge is -2.35. The third-order valence-electron chi connectivity index (χ3n) is 4.57. The molecule has 0 fully saturated rings. The molecule has 0 aromatic heterocycles. The first-order chi connectivity index (χ1) is 11.7. The Morgan fingerprint density at radius 2 is 1.79 bits per heavy atom. The smallest absolute Gasteiger partial charge is 0.156 e. The van der Waals surface area contributed by atoms with Crippen molar-refractivity contribution < 1.29 is 4.74 Å². The fraction of sp³-hybridized carbons (Fsp3) is 0.0909. The Bertz CT molecular complexity index is 940. The van der Waals surface area contributed by atoms with E-state index in [-0.39, 0.29) is 0 Å². The molecule has 24 heavy (non-hydrogen) atoms. The molecular weight excluding hydrogens is 294 g/mol. The zero-order valence-corrected chi connectivity index (χ0v) is 13.4. The summed E-state index contributed by atoms with van der Waals surface area (Å²) in [7, 11) is 0. The minimum Gasteiger partial charge on any atom is -0.477 e. The van der Waals surface area contributed by atoms with Crippen molar-refractivity contribution in [2.24, 2.45) is 0 Å². The van der Waals surface area contributed by atoms with Gasteiger partial charge >= 0.3 is 0 Å². The van der Waals surface area contributed by atoms with Crippen molar-refractivity contribution in [2.75, 3.05) is 5.73 Å². The van der Waals surface area contributed by atoms with Crippen molar-refractivity contribution in [3.8, 4) is 5.75 Å². The molecule has 0 bridgehead atoms. The van der Waals surface area contributed by atoms with Gasteiger partial charge in [0.05, 0.1) is 0 Å². The molecule has 118 valence electrons. The first kappa shape index (κ1) is 14.6. The molecule has 0 radical (unpaired) electrons. The normalized spacial score (nSPS) is 18.8. The van der Waals surface area contributed by atoms with Crippen LogP contribution >= 0.6 is 0 Å². The summed E-state index contributed by atoms with van der Waals surface area (Å²) in [6, 6.07) is 20.4. The minimum absolute atomic E-state index is 0.549. The molecule has 0 saturated carbocycles. The molecule has 0 spiro atoms. The maximum Gasteiger partial charge on any atom is 0.156 e. The highest BCUT2D eigenvalue weighted by molar-refractivity contribution is 5.92. The number of nitrogens with two attached hydrogens (primary N) is 1. The van der Waals surface area contributed by atoms with Gasteiger partial charge in [0.2, 0.25) is 0 Å². The van der Waals surface area contributed by atoms with E-state index in [4.69, 9.17) is 10.5 Å². The first-order valence-electron chi connectivity index (χ1n) is 8.09. The number of benzene rings is 3. The lowest BCUT2D eigenvalue weighted by molar-refractivity contribution is 0.122. The molecule has 2 N–H and O–H groups in total. The van der Waals surface area contributed by atoms with E-state index in [1.54, 1.807) is 0 Å². The van der Waals surface area contributed by atoms with Crippen LogP contribution in [0.2, 0.25) is 0 Å². The van der Waals surface area contributed by atoms with Crippen molar-refractivity contribution in [3.63, 3.8) is 0 Å². The Balaban J connectivity index is 1.89.